The van der Waals surface area contributed by atoms with Crippen molar-refractivity contribution in [1.29, 1.82) is 0 Å². The zero-order chi connectivity index (χ0) is 14.7. The van der Waals surface area contributed by atoms with E-state index in [4.69, 9.17) is 5.73 Å². The average molecular weight is 265 g/mol. The number of amides is 2. The van der Waals surface area contributed by atoms with Gasteiger partial charge in [0.15, 0.2) is 0 Å². The Morgan fingerprint density at radius 2 is 2.05 bits per heavy atom. The first-order valence-corrected chi connectivity index (χ1v) is 6.36. The van der Waals surface area contributed by atoms with Crippen molar-refractivity contribution in [3.05, 3.63) is 30.1 Å². The van der Waals surface area contributed by atoms with E-state index in [1.54, 1.807) is 19.4 Å². The lowest BCUT2D eigenvalue weighted by molar-refractivity contribution is -0.129. The van der Waals surface area contributed by atoms with Gasteiger partial charge in [-0.25, -0.2) is 0 Å². The van der Waals surface area contributed by atoms with Gasteiger partial charge >= 0.3 is 0 Å². The van der Waals surface area contributed by atoms with Gasteiger partial charge in [-0.05, 0) is 31.0 Å². The standard InChI is InChI=1S/C8H16N2O2.C6H7N/c1-3-4-5-7(8(9)12)10(2)6-11;1-6-2-4-7-5-3-6/h6-7H,3-5H2,1-2H3,(H2,9,12);2-5H,1H3. The number of aromatic nitrogens is 1. The molecule has 1 atom stereocenters. The molecule has 1 aromatic rings. The van der Waals surface area contributed by atoms with Crippen LogP contribution in [0.5, 0.6) is 0 Å². The Morgan fingerprint density at radius 1 is 1.47 bits per heavy atom. The summed E-state index contributed by atoms with van der Waals surface area (Å²) in [5.74, 6) is -0.432. The molecule has 1 aromatic heterocycles. The van der Waals surface area contributed by atoms with Crippen LogP contribution in [0.15, 0.2) is 24.5 Å². The van der Waals surface area contributed by atoms with Crippen LogP contribution in [0, 0.1) is 6.92 Å². The minimum absolute atomic E-state index is 0.432. The summed E-state index contributed by atoms with van der Waals surface area (Å²) in [5, 5.41) is 0. The van der Waals surface area contributed by atoms with Gasteiger partial charge in [0.05, 0.1) is 0 Å². The van der Waals surface area contributed by atoms with Crippen molar-refractivity contribution in [3.8, 4) is 0 Å². The second kappa shape index (κ2) is 10.1. The first-order chi connectivity index (χ1) is 9.02. The van der Waals surface area contributed by atoms with E-state index in [0.29, 0.717) is 12.8 Å². The Bertz CT molecular complexity index is 368. The molecular formula is C14H23N3O2. The van der Waals surface area contributed by atoms with Crippen LogP contribution in [-0.4, -0.2) is 35.3 Å². The maximum absolute atomic E-state index is 10.8. The van der Waals surface area contributed by atoms with Gasteiger partial charge in [-0.3, -0.25) is 14.6 Å². The van der Waals surface area contributed by atoms with Gasteiger partial charge < -0.3 is 10.6 Å². The largest absolute Gasteiger partial charge is 0.368 e. The van der Waals surface area contributed by atoms with E-state index < -0.39 is 11.9 Å². The quantitative estimate of drug-likeness (QED) is 0.792. The highest BCUT2D eigenvalue weighted by molar-refractivity contribution is 5.81. The normalized spacial score (nSPS) is 10.9. The van der Waals surface area contributed by atoms with Crippen LogP contribution in [0.4, 0.5) is 0 Å². The van der Waals surface area contributed by atoms with Crippen LogP contribution < -0.4 is 5.73 Å². The third-order valence-corrected chi connectivity index (χ3v) is 2.66. The summed E-state index contributed by atoms with van der Waals surface area (Å²) in [7, 11) is 1.57. The summed E-state index contributed by atoms with van der Waals surface area (Å²) in [4.78, 5) is 26.3. The molecule has 1 unspecified atom stereocenters. The van der Waals surface area contributed by atoms with Crippen molar-refractivity contribution in [2.75, 3.05) is 7.05 Å². The molecule has 19 heavy (non-hydrogen) atoms. The number of aryl methyl sites for hydroxylation is 1. The number of likely N-dealkylation sites (N-methyl/N-ethyl adjacent to an activating group) is 1. The van der Waals surface area contributed by atoms with Crippen LogP contribution in [0.2, 0.25) is 0 Å². The zero-order valence-electron chi connectivity index (χ0n) is 11.9. The number of nitrogens with two attached hydrogens (primary N) is 1. The summed E-state index contributed by atoms with van der Waals surface area (Å²) in [6.07, 6.45) is 6.76. The molecular weight excluding hydrogens is 242 g/mol. The SMILES string of the molecule is CCCCC(C(N)=O)N(C)C=O.Cc1ccncc1. The fraction of sp³-hybridized carbons (Fsp3) is 0.500. The van der Waals surface area contributed by atoms with Crippen molar-refractivity contribution in [1.82, 2.24) is 9.88 Å². The van der Waals surface area contributed by atoms with Crippen molar-refractivity contribution in [2.45, 2.75) is 39.2 Å². The van der Waals surface area contributed by atoms with Crippen LogP contribution in [0.25, 0.3) is 0 Å². The van der Waals surface area contributed by atoms with Gasteiger partial charge in [-0.2, -0.15) is 0 Å². The molecule has 1 rings (SSSR count). The number of carbonyl (C=O) groups is 2. The highest BCUT2D eigenvalue weighted by Crippen LogP contribution is 2.04. The molecule has 2 N–H and O–H groups in total. The van der Waals surface area contributed by atoms with Crippen LogP contribution >= 0.6 is 0 Å². The maximum atomic E-state index is 10.8. The van der Waals surface area contributed by atoms with E-state index >= 15 is 0 Å². The van der Waals surface area contributed by atoms with Gasteiger partial charge in [-0.1, -0.05) is 19.8 Å². The van der Waals surface area contributed by atoms with Gasteiger partial charge in [-0.15, -0.1) is 0 Å². The molecule has 0 aromatic carbocycles. The Balaban J connectivity index is 0.000000388. The lowest BCUT2D eigenvalue weighted by Gasteiger charge is -2.20. The predicted octanol–water partition coefficient (Wildman–Crippen LogP) is 1.51. The molecule has 0 aliphatic heterocycles. The molecule has 106 valence electrons. The second-order valence-electron chi connectivity index (χ2n) is 4.36. The number of rotatable bonds is 6. The smallest absolute Gasteiger partial charge is 0.240 e. The Labute approximate surface area is 114 Å². The lowest BCUT2D eigenvalue weighted by Crippen LogP contribution is -2.41. The fourth-order valence-electron chi connectivity index (χ4n) is 1.44. The first-order valence-electron chi connectivity index (χ1n) is 6.36. The van der Waals surface area contributed by atoms with E-state index in [1.165, 1.54) is 10.5 Å². The van der Waals surface area contributed by atoms with E-state index in [9.17, 15) is 9.59 Å². The van der Waals surface area contributed by atoms with Crippen LogP contribution in [-0.2, 0) is 9.59 Å². The number of pyridine rings is 1. The molecule has 1 heterocycles. The van der Waals surface area contributed by atoms with Crippen LogP contribution in [0.1, 0.15) is 31.7 Å². The predicted molar refractivity (Wildman–Crippen MR) is 75.3 cm³/mol. The molecule has 5 heteroatoms. The molecule has 0 bridgehead atoms. The number of nitrogens with zero attached hydrogens (tertiary/aromatic N) is 2. The van der Waals surface area contributed by atoms with Crippen LogP contribution in [0.3, 0.4) is 0 Å². The average Bonchev–Trinajstić information content (AvgIpc) is 2.40. The van der Waals surface area contributed by atoms with E-state index in [0.717, 1.165) is 12.8 Å². The van der Waals surface area contributed by atoms with Crippen molar-refractivity contribution in [3.63, 3.8) is 0 Å². The van der Waals surface area contributed by atoms with Gasteiger partial charge in [0.2, 0.25) is 12.3 Å². The zero-order valence-corrected chi connectivity index (χ0v) is 11.9. The first kappa shape index (κ1) is 17.1. The van der Waals surface area contributed by atoms with Gasteiger partial charge in [0.1, 0.15) is 6.04 Å². The number of primary amides is 1. The van der Waals surface area contributed by atoms with Crippen molar-refractivity contribution < 1.29 is 9.59 Å². The Kier molecular flexibility index (Phi) is 9.04. The molecule has 0 aliphatic carbocycles. The number of hydrogen-bond donors (Lipinski definition) is 1. The highest BCUT2D eigenvalue weighted by Gasteiger charge is 2.17. The summed E-state index contributed by atoms with van der Waals surface area (Å²) in [5.41, 5.74) is 6.37. The minimum atomic E-state index is -0.442. The van der Waals surface area contributed by atoms with Gasteiger partial charge in [0.25, 0.3) is 0 Å². The monoisotopic (exact) mass is 265 g/mol. The number of unbranched alkanes of at least 4 members (excludes halogenated alkanes) is 1. The minimum Gasteiger partial charge on any atom is -0.368 e. The summed E-state index contributed by atoms with van der Waals surface area (Å²) in [6, 6.07) is 3.50. The topological polar surface area (TPSA) is 76.3 Å². The Morgan fingerprint density at radius 3 is 2.37 bits per heavy atom. The van der Waals surface area contributed by atoms with Gasteiger partial charge in [0, 0.05) is 19.4 Å². The fourth-order valence-corrected chi connectivity index (χ4v) is 1.44. The number of hydrogen-bond acceptors (Lipinski definition) is 3. The Hall–Kier alpha value is -1.91. The molecule has 0 radical (unpaired) electrons. The molecule has 0 spiro atoms. The summed E-state index contributed by atoms with van der Waals surface area (Å²) >= 11 is 0. The van der Waals surface area contributed by atoms with E-state index in [2.05, 4.69) is 4.98 Å². The third kappa shape index (κ3) is 7.91. The molecule has 2 amide bonds. The highest BCUT2D eigenvalue weighted by atomic mass is 16.2. The number of carbonyl (C=O) groups excluding carboxylic acids is 2. The molecule has 0 fully saturated rings. The molecule has 0 saturated heterocycles. The maximum Gasteiger partial charge on any atom is 0.240 e. The molecule has 5 nitrogen and oxygen atoms in total. The molecule has 0 aliphatic rings. The molecule has 0 saturated carbocycles. The summed E-state index contributed by atoms with van der Waals surface area (Å²) in [6.45, 7) is 4.07. The van der Waals surface area contributed by atoms with E-state index in [-0.39, 0.29) is 0 Å². The lowest BCUT2D eigenvalue weighted by atomic mass is 10.1. The van der Waals surface area contributed by atoms with Crippen molar-refractivity contribution >= 4 is 12.3 Å². The van der Waals surface area contributed by atoms with E-state index in [1.807, 2.05) is 26.0 Å². The second-order valence-corrected chi connectivity index (χ2v) is 4.36. The summed E-state index contributed by atoms with van der Waals surface area (Å²) < 4.78 is 0. The third-order valence-electron chi connectivity index (χ3n) is 2.66. The van der Waals surface area contributed by atoms with Crippen molar-refractivity contribution in [2.24, 2.45) is 5.73 Å².